The minimum atomic E-state index is -3.53. The first-order chi connectivity index (χ1) is 10.5. The lowest BCUT2D eigenvalue weighted by molar-refractivity contribution is -0.113. The normalized spacial score (nSPS) is 14.3. The van der Waals surface area contributed by atoms with Crippen LogP contribution >= 0.6 is 11.8 Å². The van der Waals surface area contributed by atoms with Crippen LogP contribution in [0.5, 0.6) is 0 Å². The molecule has 2 N–H and O–H groups in total. The van der Waals surface area contributed by atoms with E-state index in [9.17, 15) is 13.2 Å². The van der Waals surface area contributed by atoms with Crippen molar-refractivity contribution >= 4 is 33.4 Å². The summed E-state index contributed by atoms with van der Waals surface area (Å²) in [6.07, 6.45) is 0. The number of amides is 1. The van der Waals surface area contributed by atoms with Crippen LogP contribution in [0.4, 0.5) is 5.69 Å². The molecule has 7 heteroatoms. The minimum absolute atomic E-state index is 0.0421. The molecule has 0 saturated carbocycles. The second-order valence-corrected chi connectivity index (χ2v) is 7.59. The van der Waals surface area contributed by atoms with Gasteiger partial charge >= 0.3 is 0 Å². The molecule has 1 amide bonds. The van der Waals surface area contributed by atoms with Gasteiger partial charge in [0.2, 0.25) is 15.9 Å². The molecule has 0 atom stereocenters. The van der Waals surface area contributed by atoms with Crippen molar-refractivity contribution in [1.82, 2.24) is 4.72 Å². The van der Waals surface area contributed by atoms with E-state index in [4.69, 9.17) is 0 Å². The summed E-state index contributed by atoms with van der Waals surface area (Å²) in [6, 6.07) is 13.8. The number of carbonyl (C=O) groups is 1. The Hall–Kier alpha value is -1.83. The molecule has 0 unspecified atom stereocenters. The van der Waals surface area contributed by atoms with Gasteiger partial charge in [-0.2, -0.15) is 0 Å². The van der Waals surface area contributed by atoms with E-state index < -0.39 is 10.0 Å². The summed E-state index contributed by atoms with van der Waals surface area (Å²) in [4.78, 5) is 12.6. The van der Waals surface area contributed by atoms with Crippen molar-refractivity contribution in [3.63, 3.8) is 0 Å². The molecule has 3 rings (SSSR count). The fourth-order valence-electron chi connectivity index (χ4n) is 2.10. The van der Waals surface area contributed by atoms with E-state index in [0.717, 1.165) is 16.1 Å². The number of hydrogen-bond donors (Lipinski definition) is 2. The molecule has 0 fully saturated rings. The Bertz CT molecular complexity index is 805. The molecule has 2 aromatic rings. The Morgan fingerprint density at radius 3 is 2.68 bits per heavy atom. The molecule has 1 aliphatic heterocycles. The second kappa shape index (κ2) is 6.12. The number of thioether (sulfide) groups is 1. The van der Waals surface area contributed by atoms with Crippen LogP contribution in [0.3, 0.4) is 0 Å². The van der Waals surface area contributed by atoms with E-state index in [1.54, 1.807) is 36.4 Å². The average molecular weight is 334 g/mol. The van der Waals surface area contributed by atoms with Gasteiger partial charge in [0.05, 0.1) is 16.3 Å². The fourth-order valence-corrected chi connectivity index (χ4v) is 3.93. The first-order valence-electron chi connectivity index (χ1n) is 6.65. The van der Waals surface area contributed by atoms with E-state index >= 15 is 0 Å². The van der Waals surface area contributed by atoms with Crippen LogP contribution in [-0.2, 0) is 21.4 Å². The zero-order chi connectivity index (χ0) is 15.6. The van der Waals surface area contributed by atoms with Gasteiger partial charge in [0.15, 0.2) is 0 Å². The van der Waals surface area contributed by atoms with Gasteiger partial charge in [0.25, 0.3) is 0 Å². The summed E-state index contributed by atoms with van der Waals surface area (Å²) in [6.45, 7) is 0.172. The zero-order valence-corrected chi connectivity index (χ0v) is 13.2. The van der Waals surface area contributed by atoms with Crippen molar-refractivity contribution in [2.45, 2.75) is 16.3 Å². The van der Waals surface area contributed by atoms with Crippen LogP contribution in [0.1, 0.15) is 5.56 Å². The molecule has 0 bridgehead atoms. The second-order valence-electron chi connectivity index (χ2n) is 4.80. The molecular weight excluding hydrogens is 320 g/mol. The quantitative estimate of drug-likeness (QED) is 0.899. The van der Waals surface area contributed by atoms with Crippen molar-refractivity contribution in [3.8, 4) is 0 Å². The van der Waals surface area contributed by atoms with Crippen LogP contribution in [0.15, 0.2) is 58.3 Å². The van der Waals surface area contributed by atoms with Crippen LogP contribution in [0, 0.1) is 0 Å². The van der Waals surface area contributed by atoms with Gasteiger partial charge in [0.1, 0.15) is 0 Å². The van der Waals surface area contributed by atoms with E-state index in [2.05, 4.69) is 10.0 Å². The van der Waals surface area contributed by atoms with Crippen LogP contribution in [0.25, 0.3) is 0 Å². The number of sulfonamides is 1. The third-order valence-electron chi connectivity index (χ3n) is 3.20. The summed E-state index contributed by atoms with van der Waals surface area (Å²) in [7, 11) is -3.53. The summed E-state index contributed by atoms with van der Waals surface area (Å²) in [5, 5.41) is 2.79. The van der Waals surface area contributed by atoms with Crippen LogP contribution in [-0.4, -0.2) is 20.1 Å². The number of nitrogens with one attached hydrogen (secondary N) is 2. The average Bonchev–Trinajstić information content (AvgIpc) is 2.53. The van der Waals surface area contributed by atoms with Crippen molar-refractivity contribution in [1.29, 1.82) is 0 Å². The highest BCUT2D eigenvalue weighted by atomic mass is 32.2. The van der Waals surface area contributed by atoms with Gasteiger partial charge in [-0.15, -0.1) is 11.8 Å². The van der Waals surface area contributed by atoms with Crippen molar-refractivity contribution in [2.75, 3.05) is 11.1 Å². The number of hydrogen-bond acceptors (Lipinski definition) is 4. The summed E-state index contributed by atoms with van der Waals surface area (Å²) in [5.74, 6) is 0.368. The molecule has 0 spiro atoms. The van der Waals surface area contributed by atoms with Crippen molar-refractivity contribution in [3.05, 3.63) is 54.1 Å². The Morgan fingerprint density at radius 2 is 1.91 bits per heavy atom. The van der Waals surface area contributed by atoms with Gasteiger partial charge in [-0.25, -0.2) is 13.1 Å². The summed E-state index contributed by atoms with van der Waals surface area (Å²) in [5.41, 5.74) is 1.53. The molecular formula is C15H14N2O3S2. The lowest BCUT2D eigenvalue weighted by atomic mass is 10.2. The summed E-state index contributed by atoms with van der Waals surface area (Å²) >= 11 is 1.48. The molecule has 0 aromatic heterocycles. The van der Waals surface area contributed by atoms with Gasteiger partial charge in [-0.3, -0.25) is 4.79 Å². The highest BCUT2D eigenvalue weighted by molar-refractivity contribution is 8.00. The van der Waals surface area contributed by atoms with Gasteiger partial charge in [0, 0.05) is 11.4 Å². The smallest absolute Gasteiger partial charge is 0.240 e. The lowest BCUT2D eigenvalue weighted by Crippen LogP contribution is -2.23. The molecule has 2 aromatic carbocycles. The van der Waals surface area contributed by atoms with E-state index in [0.29, 0.717) is 5.75 Å². The van der Waals surface area contributed by atoms with Crippen LogP contribution in [0.2, 0.25) is 0 Å². The SMILES string of the molecule is O=C1CSc2ccc(CNS(=O)(=O)c3ccccc3)cc2N1. The van der Waals surface area contributed by atoms with E-state index in [-0.39, 0.29) is 17.3 Å². The maximum absolute atomic E-state index is 12.2. The predicted molar refractivity (Wildman–Crippen MR) is 86.3 cm³/mol. The molecule has 114 valence electrons. The highest BCUT2D eigenvalue weighted by Gasteiger charge is 2.17. The first-order valence-corrected chi connectivity index (χ1v) is 9.12. The third-order valence-corrected chi connectivity index (χ3v) is 5.69. The lowest BCUT2D eigenvalue weighted by Gasteiger charge is -2.17. The molecule has 1 heterocycles. The van der Waals surface area contributed by atoms with Crippen LogP contribution < -0.4 is 10.0 Å². The van der Waals surface area contributed by atoms with Crippen molar-refractivity contribution < 1.29 is 13.2 Å². The molecule has 1 aliphatic rings. The predicted octanol–water partition coefficient (Wildman–Crippen LogP) is 2.21. The highest BCUT2D eigenvalue weighted by Crippen LogP contribution is 2.31. The van der Waals surface area contributed by atoms with Gasteiger partial charge < -0.3 is 5.32 Å². The topological polar surface area (TPSA) is 75.3 Å². The van der Waals surface area contributed by atoms with Gasteiger partial charge in [-0.1, -0.05) is 24.3 Å². The Balaban J connectivity index is 1.75. The van der Waals surface area contributed by atoms with Crippen molar-refractivity contribution in [2.24, 2.45) is 0 Å². The zero-order valence-electron chi connectivity index (χ0n) is 11.6. The summed E-state index contributed by atoms with van der Waals surface area (Å²) < 4.78 is 26.9. The molecule has 0 radical (unpaired) electrons. The Labute approximate surface area is 133 Å². The van der Waals surface area contributed by atoms with E-state index in [1.807, 2.05) is 12.1 Å². The Morgan fingerprint density at radius 1 is 1.14 bits per heavy atom. The molecule has 0 aliphatic carbocycles. The number of rotatable bonds is 4. The maximum Gasteiger partial charge on any atom is 0.240 e. The Kier molecular flexibility index (Phi) is 4.19. The fraction of sp³-hybridized carbons (Fsp3) is 0.133. The first kappa shape index (κ1) is 15.1. The number of fused-ring (bicyclic) bond motifs is 1. The molecule has 22 heavy (non-hydrogen) atoms. The van der Waals surface area contributed by atoms with E-state index in [1.165, 1.54) is 11.8 Å². The number of carbonyl (C=O) groups excluding carboxylic acids is 1. The maximum atomic E-state index is 12.2. The standard InChI is InChI=1S/C15H14N2O3S2/c18-15-10-21-14-7-6-11(8-13(14)17-15)9-16-22(19,20)12-4-2-1-3-5-12/h1-8,16H,9-10H2,(H,17,18). The molecule has 0 saturated heterocycles. The third kappa shape index (κ3) is 3.32. The van der Waals surface area contributed by atoms with Gasteiger partial charge in [-0.05, 0) is 29.8 Å². The minimum Gasteiger partial charge on any atom is -0.324 e. The number of benzene rings is 2. The largest absolute Gasteiger partial charge is 0.324 e. The molecule has 5 nitrogen and oxygen atoms in total. The monoisotopic (exact) mass is 334 g/mol. The number of anilines is 1.